The summed E-state index contributed by atoms with van der Waals surface area (Å²) < 4.78 is 0. The zero-order valence-corrected chi connectivity index (χ0v) is 8.55. The highest BCUT2D eigenvalue weighted by Crippen LogP contribution is 2.08. The lowest BCUT2D eigenvalue weighted by Crippen LogP contribution is -2.38. The van der Waals surface area contributed by atoms with Gasteiger partial charge in [-0.3, -0.25) is 4.79 Å². The number of hydrogen-bond donors (Lipinski definition) is 3. The molecule has 0 aromatic carbocycles. The van der Waals surface area contributed by atoms with E-state index in [1.807, 2.05) is 13.8 Å². The molecule has 1 atom stereocenters. The number of carbonyl (C=O) groups excluding carboxylic acids is 1. The zero-order chi connectivity index (χ0) is 10.3. The van der Waals surface area contributed by atoms with Gasteiger partial charge in [0.25, 0.3) is 0 Å². The second-order valence-corrected chi connectivity index (χ2v) is 3.52. The Balaban J connectivity index is 3.78. The SMILES string of the molecule is CC(C)C(CN)C(=O)NCCCN. The van der Waals surface area contributed by atoms with Gasteiger partial charge in [0.15, 0.2) is 0 Å². The van der Waals surface area contributed by atoms with Crippen LogP contribution in [0.25, 0.3) is 0 Å². The van der Waals surface area contributed by atoms with Gasteiger partial charge >= 0.3 is 0 Å². The van der Waals surface area contributed by atoms with Crippen molar-refractivity contribution in [2.45, 2.75) is 20.3 Å². The summed E-state index contributed by atoms with van der Waals surface area (Å²) in [4.78, 5) is 11.5. The highest BCUT2D eigenvalue weighted by molar-refractivity contribution is 5.79. The third kappa shape index (κ3) is 4.85. The lowest BCUT2D eigenvalue weighted by Gasteiger charge is -2.17. The summed E-state index contributed by atoms with van der Waals surface area (Å²) in [7, 11) is 0. The van der Waals surface area contributed by atoms with Crippen molar-refractivity contribution in [3.63, 3.8) is 0 Å². The maximum Gasteiger partial charge on any atom is 0.224 e. The molecule has 78 valence electrons. The van der Waals surface area contributed by atoms with Gasteiger partial charge in [0.05, 0.1) is 5.92 Å². The van der Waals surface area contributed by atoms with Crippen LogP contribution >= 0.6 is 0 Å². The Labute approximate surface area is 80.0 Å². The van der Waals surface area contributed by atoms with Crippen LogP contribution in [0.1, 0.15) is 20.3 Å². The van der Waals surface area contributed by atoms with E-state index in [0.29, 0.717) is 25.6 Å². The van der Waals surface area contributed by atoms with Crippen molar-refractivity contribution in [2.24, 2.45) is 23.3 Å². The van der Waals surface area contributed by atoms with Gasteiger partial charge in [-0.2, -0.15) is 0 Å². The minimum atomic E-state index is -0.0715. The van der Waals surface area contributed by atoms with Gasteiger partial charge in [-0.05, 0) is 18.9 Å². The van der Waals surface area contributed by atoms with Crippen molar-refractivity contribution in [2.75, 3.05) is 19.6 Å². The molecule has 13 heavy (non-hydrogen) atoms. The summed E-state index contributed by atoms with van der Waals surface area (Å²) in [6, 6.07) is 0. The summed E-state index contributed by atoms with van der Waals surface area (Å²) in [5, 5.41) is 2.82. The fourth-order valence-corrected chi connectivity index (χ4v) is 1.13. The summed E-state index contributed by atoms with van der Waals surface area (Å²) in [6.45, 7) is 5.67. The zero-order valence-electron chi connectivity index (χ0n) is 8.55. The standard InChI is InChI=1S/C9H21N3O/c1-7(2)8(6-11)9(13)12-5-3-4-10/h7-8H,3-6,10-11H2,1-2H3,(H,12,13). The van der Waals surface area contributed by atoms with Crippen LogP contribution in [0.15, 0.2) is 0 Å². The van der Waals surface area contributed by atoms with Gasteiger partial charge in [-0.25, -0.2) is 0 Å². The van der Waals surface area contributed by atoms with Crippen LogP contribution in [-0.2, 0) is 4.79 Å². The number of nitrogens with two attached hydrogens (primary N) is 2. The summed E-state index contributed by atoms with van der Waals surface area (Å²) in [6.07, 6.45) is 0.821. The molecule has 0 aliphatic carbocycles. The monoisotopic (exact) mass is 187 g/mol. The maximum absolute atomic E-state index is 11.5. The molecule has 0 heterocycles. The molecule has 0 bridgehead atoms. The van der Waals surface area contributed by atoms with Crippen molar-refractivity contribution < 1.29 is 4.79 Å². The molecule has 0 spiro atoms. The van der Waals surface area contributed by atoms with E-state index in [2.05, 4.69) is 5.32 Å². The van der Waals surface area contributed by atoms with Crippen molar-refractivity contribution in [1.82, 2.24) is 5.32 Å². The Morgan fingerprint density at radius 2 is 2.00 bits per heavy atom. The lowest BCUT2D eigenvalue weighted by atomic mass is 9.95. The van der Waals surface area contributed by atoms with Crippen LogP contribution in [-0.4, -0.2) is 25.5 Å². The van der Waals surface area contributed by atoms with E-state index in [9.17, 15) is 4.79 Å². The van der Waals surface area contributed by atoms with Crippen LogP contribution in [0, 0.1) is 11.8 Å². The largest absolute Gasteiger partial charge is 0.356 e. The number of hydrogen-bond acceptors (Lipinski definition) is 3. The smallest absolute Gasteiger partial charge is 0.224 e. The first kappa shape index (κ1) is 12.4. The minimum Gasteiger partial charge on any atom is -0.356 e. The number of nitrogens with one attached hydrogen (secondary N) is 1. The Kier molecular flexibility index (Phi) is 6.54. The summed E-state index contributed by atoms with van der Waals surface area (Å²) >= 11 is 0. The highest BCUT2D eigenvalue weighted by Gasteiger charge is 2.19. The van der Waals surface area contributed by atoms with Crippen LogP contribution in [0.4, 0.5) is 0 Å². The number of amides is 1. The molecule has 0 radical (unpaired) electrons. The van der Waals surface area contributed by atoms with E-state index in [-0.39, 0.29) is 11.8 Å². The van der Waals surface area contributed by atoms with Crippen molar-refractivity contribution >= 4 is 5.91 Å². The molecule has 4 nitrogen and oxygen atoms in total. The molecule has 0 saturated heterocycles. The van der Waals surface area contributed by atoms with E-state index >= 15 is 0 Å². The Morgan fingerprint density at radius 1 is 1.38 bits per heavy atom. The topological polar surface area (TPSA) is 81.1 Å². The summed E-state index contributed by atoms with van der Waals surface area (Å²) in [5.41, 5.74) is 10.8. The van der Waals surface area contributed by atoms with Gasteiger partial charge in [0, 0.05) is 13.1 Å². The molecule has 0 fully saturated rings. The van der Waals surface area contributed by atoms with E-state index in [0.717, 1.165) is 6.42 Å². The molecule has 4 heteroatoms. The van der Waals surface area contributed by atoms with E-state index in [4.69, 9.17) is 11.5 Å². The summed E-state index contributed by atoms with van der Waals surface area (Å²) in [5.74, 6) is 0.270. The van der Waals surface area contributed by atoms with E-state index < -0.39 is 0 Å². The molecule has 0 aromatic heterocycles. The second kappa shape index (κ2) is 6.86. The fourth-order valence-electron chi connectivity index (χ4n) is 1.13. The van der Waals surface area contributed by atoms with Crippen LogP contribution in [0.5, 0.6) is 0 Å². The second-order valence-electron chi connectivity index (χ2n) is 3.52. The van der Waals surface area contributed by atoms with Crippen LogP contribution in [0.3, 0.4) is 0 Å². The first-order valence-corrected chi connectivity index (χ1v) is 4.81. The highest BCUT2D eigenvalue weighted by atomic mass is 16.1. The molecule has 0 aromatic rings. The first-order chi connectivity index (χ1) is 6.13. The molecular weight excluding hydrogens is 166 g/mol. The van der Waals surface area contributed by atoms with E-state index in [1.165, 1.54) is 0 Å². The Bertz CT molecular complexity index is 148. The fraction of sp³-hybridized carbons (Fsp3) is 0.889. The molecule has 0 aliphatic heterocycles. The molecule has 0 aliphatic rings. The Morgan fingerprint density at radius 3 is 2.38 bits per heavy atom. The predicted octanol–water partition coefficient (Wildman–Crippen LogP) is -0.318. The van der Waals surface area contributed by atoms with Crippen molar-refractivity contribution in [3.05, 3.63) is 0 Å². The van der Waals surface area contributed by atoms with Gasteiger partial charge in [0.1, 0.15) is 0 Å². The Hall–Kier alpha value is -0.610. The lowest BCUT2D eigenvalue weighted by molar-refractivity contribution is -0.125. The number of carbonyl (C=O) groups is 1. The third-order valence-electron chi connectivity index (χ3n) is 2.08. The third-order valence-corrected chi connectivity index (χ3v) is 2.08. The first-order valence-electron chi connectivity index (χ1n) is 4.81. The maximum atomic E-state index is 11.5. The molecule has 0 rings (SSSR count). The quantitative estimate of drug-likeness (QED) is 0.499. The van der Waals surface area contributed by atoms with Crippen molar-refractivity contribution in [1.29, 1.82) is 0 Å². The molecule has 1 amide bonds. The molecule has 5 N–H and O–H groups in total. The van der Waals surface area contributed by atoms with Gasteiger partial charge < -0.3 is 16.8 Å². The molecule has 1 unspecified atom stereocenters. The average Bonchev–Trinajstić information content (AvgIpc) is 2.05. The normalized spacial score (nSPS) is 13.0. The molecule has 0 saturated carbocycles. The van der Waals surface area contributed by atoms with Gasteiger partial charge in [-0.1, -0.05) is 13.8 Å². The van der Waals surface area contributed by atoms with Crippen LogP contribution in [0.2, 0.25) is 0 Å². The van der Waals surface area contributed by atoms with Crippen molar-refractivity contribution in [3.8, 4) is 0 Å². The number of rotatable bonds is 6. The van der Waals surface area contributed by atoms with Crippen LogP contribution < -0.4 is 16.8 Å². The van der Waals surface area contributed by atoms with Gasteiger partial charge in [-0.15, -0.1) is 0 Å². The minimum absolute atomic E-state index is 0.0472. The van der Waals surface area contributed by atoms with Gasteiger partial charge in [0.2, 0.25) is 5.91 Å². The average molecular weight is 187 g/mol. The molecular formula is C9H21N3O. The van der Waals surface area contributed by atoms with E-state index in [1.54, 1.807) is 0 Å². The predicted molar refractivity (Wildman–Crippen MR) is 54.1 cm³/mol.